The smallest absolute Gasteiger partial charge is 1.00 e. The normalized spacial score (nSPS) is 11.4. The van der Waals surface area contributed by atoms with E-state index in [-0.39, 0.29) is 35.6 Å². The van der Waals surface area contributed by atoms with E-state index in [1.807, 2.05) is 12.2 Å². The van der Waals surface area contributed by atoms with Crippen LogP contribution in [0.5, 0.6) is 0 Å². The minimum Gasteiger partial charge on any atom is -1.00 e. The SMILES string of the molecule is Cc1ccccc1Pc1cc2ccccc2[cH-]1.[C-]1=CC=CC1.[F-].[F-].[Zr+4]. The summed E-state index contributed by atoms with van der Waals surface area (Å²) in [6.45, 7) is 2.19. The molecule has 0 saturated carbocycles. The van der Waals surface area contributed by atoms with Crippen molar-refractivity contribution in [2.45, 2.75) is 13.3 Å². The van der Waals surface area contributed by atoms with Crippen LogP contribution in [0, 0.1) is 13.0 Å². The van der Waals surface area contributed by atoms with E-state index in [4.69, 9.17) is 0 Å². The molecule has 0 saturated heterocycles. The number of fused-ring (bicyclic) bond motifs is 1. The number of aryl methyl sites for hydroxylation is 1. The largest absolute Gasteiger partial charge is 4.00 e. The Bertz CT molecular complexity index is 778. The Kier molecular flexibility index (Phi) is 11.5. The van der Waals surface area contributed by atoms with Crippen LogP contribution in [0.2, 0.25) is 0 Å². The predicted molar refractivity (Wildman–Crippen MR) is 99.9 cm³/mol. The van der Waals surface area contributed by atoms with E-state index in [1.165, 1.54) is 26.9 Å². The third-order valence-electron chi connectivity index (χ3n) is 3.63. The van der Waals surface area contributed by atoms with Crippen molar-refractivity contribution in [2.75, 3.05) is 0 Å². The molecule has 0 bridgehead atoms. The third-order valence-corrected chi connectivity index (χ3v) is 5.04. The van der Waals surface area contributed by atoms with E-state index in [2.05, 4.69) is 79.7 Å². The van der Waals surface area contributed by atoms with Crippen LogP contribution in [0.3, 0.4) is 0 Å². The first-order valence-electron chi connectivity index (χ1n) is 7.53. The molecule has 3 aromatic rings. The van der Waals surface area contributed by atoms with Gasteiger partial charge in [0, 0.05) is 0 Å². The van der Waals surface area contributed by atoms with Gasteiger partial charge in [0.2, 0.25) is 0 Å². The summed E-state index contributed by atoms with van der Waals surface area (Å²) in [6, 6.07) is 21.8. The molecule has 0 nitrogen and oxygen atoms in total. The minimum atomic E-state index is 0. The van der Waals surface area contributed by atoms with Crippen molar-refractivity contribution < 1.29 is 35.6 Å². The van der Waals surface area contributed by atoms with E-state index in [0.29, 0.717) is 0 Å². The molecule has 0 amide bonds. The van der Waals surface area contributed by atoms with Crippen molar-refractivity contribution in [2.24, 2.45) is 0 Å². The summed E-state index contributed by atoms with van der Waals surface area (Å²) in [5, 5.41) is 5.58. The Balaban J connectivity index is 0.000000630. The Morgan fingerprint density at radius 1 is 1.00 bits per heavy atom. The summed E-state index contributed by atoms with van der Waals surface area (Å²) in [5.74, 6) is 0. The van der Waals surface area contributed by atoms with Crippen LogP contribution in [-0.2, 0) is 26.2 Å². The van der Waals surface area contributed by atoms with Crippen LogP contribution >= 0.6 is 8.58 Å². The van der Waals surface area contributed by atoms with Gasteiger partial charge in [-0.1, -0.05) is 38.9 Å². The molecule has 0 heterocycles. The van der Waals surface area contributed by atoms with Crippen molar-refractivity contribution in [3.8, 4) is 0 Å². The maximum absolute atomic E-state index is 2.99. The molecule has 0 radical (unpaired) electrons. The molecule has 4 rings (SSSR count). The number of hydrogen-bond donors (Lipinski definition) is 0. The summed E-state index contributed by atoms with van der Waals surface area (Å²) in [6.07, 6.45) is 10.0. The second kappa shape index (κ2) is 12.1. The van der Waals surface area contributed by atoms with Crippen molar-refractivity contribution >= 4 is 30.0 Å². The van der Waals surface area contributed by atoms with E-state index in [0.717, 1.165) is 15.0 Å². The zero-order chi connectivity index (χ0) is 15.2. The van der Waals surface area contributed by atoms with Gasteiger partial charge in [-0.05, 0) is 17.8 Å². The van der Waals surface area contributed by atoms with E-state index >= 15 is 0 Å². The first kappa shape index (κ1) is 23.7. The Hall–Kier alpha value is -1.30. The molecule has 126 valence electrons. The standard InChI is InChI=1S/C16H14P.C5H5.2FH.Zr/c1-12-6-2-5-9-16(12)17-15-10-13-7-3-4-8-14(13)11-15;1-2-4-5-3-1;;;/h2-11,17H,1H3;1-3H,4H2;2*1H;/q2*-1;;;+4/p-2. The molecule has 25 heavy (non-hydrogen) atoms. The molecule has 0 fully saturated rings. The van der Waals surface area contributed by atoms with Gasteiger partial charge >= 0.3 is 26.2 Å². The van der Waals surface area contributed by atoms with E-state index < -0.39 is 0 Å². The summed E-state index contributed by atoms with van der Waals surface area (Å²) >= 11 is 0. The summed E-state index contributed by atoms with van der Waals surface area (Å²) in [7, 11) is 0.759. The Morgan fingerprint density at radius 2 is 1.72 bits per heavy atom. The van der Waals surface area contributed by atoms with Gasteiger partial charge in [-0.2, -0.15) is 12.1 Å². The van der Waals surface area contributed by atoms with Gasteiger partial charge in [-0.25, -0.2) is 12.2 Å². The van der Waals surface area contributed by atoms with Gasteiger partial charge in [-0.3, -0.25) is 6.08 Å². The van der Waals surface area contributed by atoms with Crippen LogP contribution in [0.1, 0.15) is 12.0 Å². The Morgan fingerprint density at radius 3 is 2.32 bits per heavy atom. The first-order chi connectivity index (χ1) is 10.8. The molecule has 1 unspecified atom stereocenters. The molecule has 0 N–H and O–H groups in total. The van der Waals surface area contributed by atoms with Crippen LogP contribution in [-0.4, -0.2) is 0 Å². The van der Waals surface area contributed by atoms with Crippen molar-refractivity contribution in [1.29, 1.82) is 0 Å². The van der Waals surface area contributed by atoms with Crippen molar-refractivity contribution in [3.05, 3.63) is 90.5 Å². The maximum atomic E-state index is 2.99. The zero-order valence-electron chi connectivity index (χ0n) is 14.0. The van der Waals surface area contributed by atoms with Crippen LogP contribution in [0.25, 0.3) is 10.8 Å². The van der Waals surface area contributed by atoms with Gasteiger partial charge in [0.15, 0.2) is 0 Å². The topological polar surface area (TPSA) is 0 Å². The summed E-state index contributed by atoms with van der Waals surface area (Å²) in [4.78, 5) is 0. The fraction of sp³-hybridized carbons (Fsp3) is 0.0952. The summed E-state index contributed by atoms with van der Waals surface area (Å²) < 4.78 is 0. The maximum Gasteiger partial charge on any atom is 4.00 e. The molecular formula is C21H19F2PZr. The number of allylic oxidation sites excluding steroid dienone is 4. The molecule has 3 aromatic carbocycles. The van der Waals surface area contributed by atoms with Crippen LogP contribution < -0.4 is 20.0 Å². The number of benzene rings is 2. The van der Waals surface area contributed by atoms with Gasteiger partial charge < -0.3 is 9.41 Å². The number of rotatable bonds is 2. The average molecular weight is 432 g/mol. The second-order valence-corrected chi connectivity index (χ2v) is 6.68. The quantitative estimate of drug-likeness (QED) is 0.354. The fourth-order valence-electron chi connectivity index (χ4n) is 2.43. The number of hydrogen-bond acceptors (Lipinski definition) is 0. The molecule has 0 aliphatic heterocycles. The van der Waals surface area contributed by atoms with Crippen LogP contribution in [0.15, 0.2) is 78.9 Å². The van der Waals surface area contributed by atoms with Gasteiger partial charge in [0.25, 0.3) is 0 Å². The van der Waals surface area contributed by atoms with Gasteiger partial charge in [-0.15, -0.1) is 46.8 Å². The number of halogens is 2. The fourth-order valence-corrected chi connectivity index (χ4v) is 3.66. The third kappa shape index (κ3) is 6.85. The molecule has 1 atom stereocenters. The van der Waals surface area contributed by atoms with Gasteiger partial charge in [0.05, 0.1) is 0 Å². The second-order valence-electron chi connectivity index (χ2n) is 5.32. The molecule has 0 aromatic heterocycles. The predicted octanol–water partition coefficient (Wildman–Crippen LogP) is -1.19. The van der Waals surface area contributed by atoms with E-state index in [1.54, 1.807) is 0 Å². The molecule has 1 aliphatic rings. The Labute approximate surface area is 169 Å². The first-order valence-corrected chi connectivity index (χ1v) is 8.53. The molecule has 0 spiro atoms. The van der Waals surface area contributed by atoms with Crippen LogP contribution in [0.4, 0.5) is 0 Å². The van der Waals surface area contributed by atoms with Crippen molar-refractivity contribution in [3.63, 3.8) is 0 Å². The molecule has 1 aliphatic carbocycles. The minimum absolute atomic E-state index is 0. The monoisotopic (exact) mass is 430 g/mol. The molecular weight excluding hydrogens is 412 g/mol. The average Bonchev–Trinajstić information content (AvgIpc) is 3.21. The van der Waals surface area contributed by atoms with Gasteiger partial charge in [0.1, 0.15) is 0 Å². The van der Waals surface area contributed by atoms with Crippen molar-refractivity contribution in [1.82, 2.24) is 0 Å². The van der Waals surface area contributed by atoms with E-state index in [9.17, 15) is 0 Å². The molecule has 4 heteroatoms. The summed E-state index contributed by atoms with van der Waals surface area (Å²) in [5.41, 5.74) is 1.39. The zero-order valence-corrected chi connectivity index (χ0v) is 17.4.